The molecule has 0 spiro atoms. The maximum atomic E-state index is 11.2. The van der Waals surface area contributed by atoms with Gasteiger partial charge < -0.3 is 9.47 Å². The fourth-order valence-electron chi connectivity index (χ4n) is 3.86. The summed E-state index contributed by atoms with van der Waals surface area (Å²) in [4.78, 5) is 16.2. The van der Waals surface area contributed by atoms with Crippen LogP contribution in [0.3, 0.4) is 0 Å². The molecular weight excluding hydrogens is 400 g/mol. The van der Waals surface area contributed by atoms with Gasteiger partial charge in [0.15, 0.2) is 11.5 Å². The van der Waals surface area contributed by atoms with Crippen molar-refractivity contribution in [3.05, 3.63) is 65.2 Å². The van der Waals surface area contributed by atoms with Crippen molar-refractivity contribution >= 4 is 12.0 Å². The lowest BCUT2D eigenvalue weighted by Gasteiger charge is -2.34. The smallest absolute Gasteiger partial charge is 0.308 e. The fourth-order valence-corrected chi connectivity index (χ4v) is 3.86. The Kier molecular flexibility index (Phi) is 8.10. The van der Waals surface area contributed by atoms with Crippen LogP contribution in [0.15, 0.2) is 48.5 Å². The van der Waals surface area contributed by atoms with Crippen LogP contribution in [0.5, 0.6) is 11.5 Å². The molecule has 0 aromatic heterocycles. The summed E-state index contributed by atoms with van der Waals surface area (Å²) in [7, 11) is 1.58. The average molecular weight is 437 g/mol. The first-order valence-electron chi connectivity index (χ1n) is 11.3. The van der Waals surface area contributed by atoms with Crippen LogP contribution in [0.2, 0.25) is 0 Å². The van der Waals surface area contributed by atoms with Crippen LogP contribution in [-0.2, 0) is 16.8 Å². The highest BCUT2D eigenvalue weighted by Crippen LogP contribution is 2.28. The number of carbonyl (C=O) groups is 1. The minimum Gasteiger partial charge on any atom is -0.493 e. The maximum absolute atomic E-state index is 11.2. The normalized spacial score (nSPS) is 15.8. The van der Waals surface area contributed by atoms with Crippen molar-refractivity contribution in [1.82, 2.24) is 9.80 Å². The molecule has 5 nitrogen and oxygen atoms in total. The average Bonchev–Trinajstić information content (AvgIpc) is 2.75. The zero-order chi connectivity index (χ0) is 23.1. The number of piperazine rings is 1. The molecule has 2 aromatic carbocycles. The monoisotopic (exact) mass is 436 g/mol. The molecule has 0 unspecified atom stereocenters. The van der Waals surface area contributed by atoms with Crippen LogP contribution >= 0.6 is 0 Å². The molecule has 1 heterocycles. The third kappa shape index (κ3) is 6.94. The minimum atomic E-state index is -0.354. The molecule has 1 aliphatic heterocycles. The lowest BCUT2D eigenvalue weighted by Crippen LogP contribution is -2.45. The first-order chi connectivity index (χ1) is 15.2. The summed E-state index contributed by atoms with van der Waals surface area (Å²) in [5.41, 5.74) is 4.00. The van der Waals surface area contributed by atoms with E-state index in [2.05, 4.69) is 67.0 Å². The molecule has 32 heavy (non-hydrogen) atoms. The maximum Gasteiger partial charge on any atom is 0.308 e. The second-order valence-corrected chi connectivity index (χ2v) is 9.43. The Morgan fingerprint density at radius 1 is 0.969 bits per heavy atom. The number of esters is 1. The third-order valence-corrected chi connectivity index (χ3v) is 5.81. The van der Waals surface area contributed by atoms with E-state index in [9.17, 15) is 4.79 Å². The number of methoxy groups -OCH3 is 1. The first-order valence-corrected chi connectivity index (χ1v) is 11.3. The standard InChI is InChI=1S/C27H36N2O3/c1-21(30)32-25-13-10-22(19-26(25)31-5)7-6-14-28-15-17-29(18-16-28)20-23-8-11-24(12-9-23)27(2,3)4/h6-13,19H,14-18,20H2,1-5H3. The molecule has 2 aromatic rings. The summed E-state index contributed by atoms with van der Waals surface area (Å²) in [6.07, 6.45) is 4.27. The molecule has 0 atom stereocenters. The SMILES string of the molecule is COc1cc(C=CCN2CCN(Cc3ccc(C(C)(C)C)cc3)CC2)ccc1OC(C)=O. The van der Waals surface area contributed by atoms with Gasteiger partial charge in [-0.2, -0.15) is 0 Å². The van der Waals surface area contributed by atoms with Gasteiger partial charge in [-0.15, -0.1) is 0 Å². The van der Waals surface area contributed by atoms with Crippen LogP contribution in [-0.4, -0.2) is 55.6 Å². The lowest BCUT2D eigenvalue weighted by atomic mass is 9.87. The van der Waals surface area contributed by atoms with Gasteiger partial charge in [-0.25, -0.2) is 0 Å². The van der Waals surface area contributed by atoms with E-state index >= 15 is 0 Å². The van der Waals surface area contributed by atoms with Gasteiger partial charge in [0.05, 0.1) is 7.11 Å². The van der Waals surface area contributed by atoms with Gasteiger partial charge in [0.1, 0.15) is 0 Å². The minimum absolute atomic E-state index is 0.202. The largest absolute Gasteiger partial charge is 0.493 e. The topological polar surface area (TPSA) is 42.0 Å². The molecule has 3 rings (SSSR count). The lowest BCUT2D eigenvalue weighted by molar-refractivity contribution is -0.132. The molecule has 0 saturated carbocycles. The van der Waals surface area contributed by atoms with E-state index in [1.165, 1.54) is 18.1 Å². The molecule has 1 fully saturated rings. The van der Waals surface area contributed by atoms with E-state index in [-0.39, 0.29) is 11.4 Å². The highest BCUT2D eigenvalue weighted by atomic mass is 16.6. The van der Waals surface area contributed by atoms with E-state index in [1.54, 1.807) is 13.2 Å². The van der Waals surface area contributed by atoms with Gasteiger partial charge in [-0.05, 0) is 34.2 Å². The second kappa shape index (κ2) is 10.8. The van der Waals surface area contributed by atoms with Crippen LogP contribution in [0.4, 0.5) is 0 Å². The predicted molar refractivity (Wildman–Crippen MR) is 130 cm³/mol. The van der Waals surface area contributed by atoms with Crippen LogP contribution in [0.1, 0.15) is 44.4 Å². The van der Waals surface area contributed by atoms with Crippen molar-refractivity contribution in [2.75, 3.05) is 39.8 Å². The zero-order valence-corrected chi connectivity index (χ0v) is 20.1. The van der Waals surface area contributed by atoms with Gasteiger partial charge in [-0.3, -0.25) is 14.6 Å². The van der Waals surface area contributed by atoms with Crippen molar-refractivity contribution in [3.63, 3.8) is 0 Å². The molecule has 1 saturated heterocycles. The summed E-state index contributed by atoms with van der Waals surface area (Å²) in [6, 6.07) is 14.7. The number of hydrogen-bond acceptors (Lipinski definition) is 5. The third-order valence-electron chi connectivity index (χ3n) is 5.81. The summed E-state index contributed by atoms with van der Waals surface area (Å²) in [5, 5.41) is 0. The molecule has 0 aliphatic carbocycles. The van der Waals surface area contributed by atoms with Gasteiger partial charge >= 0.3 is 5.97 Å². The highest BCUT2D eigenvalue weighted by Gasteiger charge is 2.17. The molecule has 0 radical (unpaired) electrons. The van der Waals surface area contributed by atoms with Crippen molar-refractivity contribution in [2.24, 2.45) is 0 Å². The number of nitrogens with zero attached hydrogens (tertiary/aromatic N) is 2. The van der Waals surface area contributed by atoms with Crippen molar-refractivity contribution in [2.45, 2.75) is 39.7 Å². The molecular formula is C27H36N2O3. The Balaban J connectivity index is 1.46. The van der Waals surface area contributed by atoms with E-state index in [4.69, 9.17) is 9.47 Å². The van der Waals surface area contributed by atoms with Crippen LogP contribution < -0.4 is 9.47 Å². The molecule has 172 valence electrons. The van der Waals surface area contributed by atoms with Crippen LogP contribution in [0, 0.1) is 0 Å². The summed E-state index contributed by atoms with van der Waals surface area (Å²) < 4.78 is 10.5. The Bertz CT molecular complexity index is 921. The number of rotatable bonds is 7. The number of carbonyl (C=O) groups excluding carboxylic acids is 1. The van der Waals surface area contributed by atoms with Crippen LogP contribution in [0.25, 0.3) is 6.08 Å². The molecule has 0 N–H and O–H groups in total. The second-order valence-electron chi connectivity index (χ2n) is 9.43. The van der Waals surface area contributed by atoms with E-state index in [1.807, 2.05) is 12.1 Å². The number of benzene rings is 2. The number of hydrogen-bond donors (Lipinski definition) is 0. The Labute approximate surface area is 192 Å². The van der Waals surface area contributed by atoms with E-state index < -0.39 is 0 Å². The van der Waals surface area contributed by atoms with Gasteiger partial charge in [0.2, 0.25) is 0 Å². The summed E-state index contributed by atoms with van der Waals surface area (Å²) in [6.45, 7) is 14.4. The molecule has 5 heteroatoms. The van der Waals surface area contributed by atoms with Crippen molar-refractivity contribution in [1.29, 1.82) is 0 Å². The van der Waals surface area contributed by atoms with Crippen molar-refractivity contribution in [3.8, 4) is 11.5 Å². The summed E-state index contributed by atoms with van der Waals surface area (Å²) >= 11 is 0. The highest BCUT2D eigenvalue weighted by molar-refractivity contribution is 5.71. The Morgan fingerprint density at radius 2 is 1.62 bits per heavy atom. The van der Waals surface area contributed by atoms with E-state index in [0.29, 0.717) is 11.5 Å². The Morgan fingerprint density at radius 3 is 2.22 bits per heavy atom. The zero-order valence-electron chi connectivity index (χ0n) is 20.1. The van der Waals surface area contributed by atoms with Gasteiger partial charge in [-0.1, -0.05) is 63.3 Å². The predicted octanol–water partition coefficient (Wildman–Crippen LogP) is 4.75. The van der Waals surface area contributed by atoms with Gasteiger partial charge in [0.25, 0.3) is 0 Å². The quantitative estimate of drug-likeness (QED) is 0.463. The molecule has 0 bridgehead atoms. The first kappa shape index (κ1) is 24.0. The van der Waals surface area contributed by atoms with E-state index in [0.717, 1.165) is 44.8 Å². The summed E-state index contributed by atoms with van der Waals surface area (Å²) in [5.74, 6) is 0.653. The van der Waals surface area contributed by atoms with Gasteiger partial charge in [0, 0.05) is 46.2 Å². The fraction of sp³-hybridized carbons (Fsp3) is 0.444. The molecule has 1 aliphatic rings. The van der Waals surface area contributed by atoms with Crippen molar-refractivity contribution < 1.29 is 14.3 Å². The Hall–Kier alpha value is -2.63. The molecule has 0 amide bonds. The number of ether oxygens (including phenoxy) is 2.